The largest absolute Gasteiger partial charge is 0.379 e. The molecule has 2 aromatic heterocycles. The molecule has 1 fully saturated rings. The van der Waals surface area contributed by atoms with E-state index >= 15 is 0 Å². The number of nitrogens with zero attached hydrogens (tertiary/aromatic N) is 4. The standard InChI is InChI=1S/C22H28N4O4S2/c1-16-8-13-31-20(16)15-24(2)22(27)7-6-21-23-18-14-17(4-5-19(18)25(21)3)32(28,29)26-9-11-30-12-10-26/h4-5,8,13-14H,6-7,9-12,15H2,1-3H3. The smallest absolute Gasteiger partial charge is 0.243 e. The third kappa shape index (κ3) is 4.59. The van der Waals surface area contributed by atoms with Crippen molar-refractivity contribution in [3.05, 3.63) is 45.9 Å². The molecule has 0 bridgehead atoms. The Morgan fingerprint density at radius 1 is 1.25 bits per heavy atom. The zero-order valence-corrected chi connectivity index (χ0v) is 20.2. The van der Waals surface area contributed by atoms with Gasteiger partial charge in [-0.3, -0.25) is 4.79 Å². The quantitative estimate of drug-likeness (QED) is 0.523. The van der Waals surface area contributed by atoms with Crippen molar-refractivity contribution >= 4 is 38.3 Å². The van der Waals surface area contributed by atoms with Crippen LogP contribution in [0.1, 0.15) is 22.7 Å². The molecule has 3 heterocycles. The molecule has 172 valence electrons. The molecule has 0 N–H and O–H groups in total. The summed E-state index contributed by atoms with van der Waals surface area (Å²) in [6, 6.07) is 7.09. The molecule has 0 aliphatic carbocycles. The summed E-state index contributed by atoms with van der Waals surface area (Å²) in [5.74, 6) is 0.815. The highest BCUT2D eigenvalue weighted by Crippen LogP contribution is 2.24. The van der Waals surface area contributed by atoms with Gasteiger partial charge in [-0.2, -0.15) is 4.31 Å². The lowest BCUT2D eigenvalue weighted by molar-refractivity contribution is -0.130. The van der Waals surface area contributed by atoms with Crippen LogP contribution >= 0.6 is 11.3 Å². The van der Waals surface area contributed by atoms with Gasteiger partial charge >= 0.3 is 0 Å². The predicted molar refractivity (Wildman–Crippen MR) is 124 cm³/mol. The zero-order chi connectivity index (χ0) is 22.9. The van der Waals surface area contributed by atoms with Crippen molar-refractivity contribution in [3.8, 4) is 0 Å². The first kappa shape index (κ1) is 22.9. The number of rotatable bonds is 7. The van der Waals surface area contributed by atoms with Crippen LogP contribution < -0.4 is 0 Å². The molecule has 0 unspecified atom stereocenters. The fourth-order valence-electron chi connectivity index (χ4n) is 3.83. The topological polar surface area (TPSA) is 84.7 Å². The second-order valence-electron chi connectivity index (χ2n) is 8.03. The maximum Gasteiger partial charge on any atom is 0.243 e. The molecule has 10 heteroatoms. The Morgan fingerprint density at radius 2 is 2.00 bits per heavy atom. The minimum absolute atomic E-state index is 0.0560. The second kappa shape index (κ2) is 9.30. The van der Waals surface area contributed by atoms with Gasteiger partial charge in [0.2, 0.25) is 15.9 Å². The average Bonchev–Trinajstić information content (AvgIpc) is 3.34. The summed E-state index contributed by atoms with van der Waals surface area (Å²) in [5.41, 5.74) is 2.66. The summed E-state index contributed by atoms with van der Waals surface area (Å²) in [5, 5.41) is 2.04. The fraction of sp³-hybridized carbons (Fsp3) is 0.455. The number of thiophene rings is 1. The van der Waals surface area contributed by atoms with Crippen molar-refractivity contribution in [3.63, 3.8) is 0 Å². The highest BCUT2D eigenvalue weighted by Gasteiger charge is 2.27. The molecule has 1 amide bonds. The first-order valence-electron chi connectivity index (χ1n) is 10.6. The Hall–Kier alpha value is -2.27. The number of fused-ring (bicyclic) bond motifs is 1. The summed E-state index contributed by atoms with van der Waals surface area (Å²) in [6.07, 6.45) is 0.834. The highest BCUT2D eigenvalue weighted by molar-refractivity contribution is 7.89. The van der Waals surface area contributed by atoms with E-state index in [9.17, 15) is 13.2 Å². The normalized spacial score (nSPS) is 15.3. The van der Waals surface area contributed by atoms with Crippen LogP contribution in [0.2, 0.25) is 0 Å². The van der Waals surface area contributed by atoms with Crippen LogP contribution in [0.15, 0.2) is 34.5 Å². The van der Waals surface area contributed by atoms with Gasteiger partial charge in [-0.1, -0.05) is 0 Å². The number of amides is 1. The number of ether oxygens (including phenoxy) is 1. The Balaban J connectivity index is 1.47. The lowest BCUT2D eigenvalue weighted by Gasteiger charge is -2.26. The Labute approximate surface area is 192 Å². The molecule has 0 radical (unpaired) electrons. The number of aromatic nitrogens is 2. The van der Waals surface area contributed by atoms with Crippen molar-refractivity contribution in [1.29, 1.82) is 0 Å². The van der Waals surface area contributed by atoms with Gasteiger partial charge in [0.05, 0.1) is 35.7 Å². The lowest BCUT2D eigenvalue weighted by Crippen LogP contribution is -2.40. The highest BCUT2D eigenvalue weighted by atomic mass is 32.2. The molecule has 3 aromatic rings. The van der Waals surface area contributed by atoms with E-state index in [0.29, 0.717) is 51.2 Å². The molecule has 8 nitrogen and oxygen atoms in total. The Morgan fingerprint density at radius 3 is 2.69 bits per heavy atom. The number of hydrogen-bond acceptors (Lipinski definition) is 6. The van der Waals surface area contributed by atoms with E-state index in [0.717, 1.165) is 11.3 Å². The molecule has 32 heavy (non-hydrogen) atoms. The van der Waals surface area contributed by atoms with Crippen molar-refractivity contribution in [2.24, 2.45) is 7.05 Å². The van der Waals surface area contributed by atoms with E-state index in [4.69, 9.17) is 4.74 Å². The number of sulfonamides is 1. The Bertz CT molecular complexity index is 1230. The molecule has 1 aliphatic heterocycles. The molecule has 0 atom stereocenters. The number of aryl methyl sites for hydroxylation is 3. The second-order valence-corrected chi connectivity index (χ2v) is 11.0. The SMILES string of the molecule is Cc1ccsc1CN(C)C(=O)CCc1nc2cc(S(=O)(=O)N3CCOCC3)ccc2n1C. The van der Waals surface area contributed by atoms with Crippen LogP contribution in [0.3, 0.4) is 0 Å². The first-order valence-corrected chi connectivity index (χ1v) is 12.9. The maximum atomic E-state index is 13.0. The van der Waals surface area contributed by atoms with Gasteiger partial charge < -0.3 is 14.2 Å². The number of imidazole rings is 1. The lowest BCUT2D eigenvalue weighted by atomic mass is 10.2. The van der Waals surface area contributed by atoms with Crippen LogP contribution in [0.4, 0.5) is 0 Å². The number of hydrogen-bond donors (Lipinski definition) is 0. The van der Waals surface area contributed by atoms with E-state index in [1.165, 1.54) is 14.7 Å². The van der Waals surface area contributed by atoms with Crippen molar-refractivity contribution in [2.75, 3.05) is 33.4 Å². The van der Waals surface area contributed by atoms with Crippen LogP contribution in [0, 0.1) is 6.92 Å². The molecule has 4 rings (SSSR count). The summed E-state index contributed by atoms with van der Waals surface area (Å²) in [7, 11) is 0.133. The molecule has 1 aliphatic rings. The summed E-state index contributed by atoms with van der Waals surface area (Å²) >= 11 is 1.66. The molecule has 1 saturated heterocycles. The minimum atomic E-state index is -3.58. The molecular weight excluding hydrogens is 448 g/mol. The molecular formula is C22H28N4O4S2. The zero-order valence-electron chi connectivity index (χ0n) is 18.6. The third-order valence-corrected chi connectivity index (χ3v) is 8.79. The summed E-state index contributed by atoms with van der Waals surface area (Å²) in [4.78, 5) is 20.5. The molecule has 0 saturated carbocycles. The van der Waals surface area contributed by atoms with Gasteiger partial charge in [-0.15, -0.1) is 11.3 Å². The number of morpholine rings is 1. The summed E-state index contributed by atoms with van der Waals surface area (Å²) < 4.78 is 34.6. The van der Waals surface area contributed by atoms with Crippen molar-refractivity contribution in [1.82, 2.24) is 18.8 Å². The maximum absolute atomic E-state index is 13.0. The summed E-state index contributed by atoms with van der Waals surface area (Å²) in [6.45, 7) is 4.18. The van der Waals surface area contributed by atoms with Gasteiger partial charge in [0.25, 0.3) is 0 Å². The van der Waals surface area contributed by atoms with Crippen LogP contribution in [0.25, 0.3) is 11.0 Å². The van der Waals surface area contributed by atoms with Gasteiger partial charge in [0.1, 0.15) is 5.82 Å². The van der Waals surface area contributed by atoms with Gasteiger partial charge in [-0.05, 0) is 42.1 Å². The van der Waals surface area contributed by atoms with E-state index < -0.39 is 10.0 Å². The first-order chi connectivity index (χ1) is 15.3. The van der Waals surface area contributed by atoms with Gasteiger partial charge in [0.15, 0.2) is 0 Å². The number of benzene rings is 1. The van der Waals surface area contributed by atoms with Crippen molar-refractivity contribution in [2.45, 2.75) is 31.2 Å². The van der Waals surface area contributed by atoms with Crippen LogP contribution in [-0.2, 0) is 39.6 Å². The number of carbonyl (C=O) groups is 1. The van der Waals surface area contributed by atoms with Crippen LogP contribution in [-0.4, -0.2) is 66.4 Å². The van der Waals surface area contributed by atoms with E-state index in [-0.39, 0.29) is 10.8 Å². The number of carbonyl (C=O) groups excluding carboxylic acids is 1. The van der Waals surface area contributed by atoms with Crippen LogP contribution in [0.5, 0.6) is 0 Å². The Kier molecular flexibility index (Phi) is 6.66. The predicted octanol–water partition coefficient (Wildman–Crippen LogP) is 2.56. The van der Waals surface area contributed by atoms with Crippen molar-refractivity contribution < 1.29 is 17.9 Å². The van der Waals surface area contributed by atoms with Gasteiger partial charge in [0, 0.05) is 44.9 Å². The van der Waals surface area contributed by atoms with E-state index in [1.54, 1.807) is 34.4 Å². The van der Waals surface area contributed by atoms with Gasteiger partial charge in [-0.25, -0.2) is 13.4 Å². The van der Waals surface area contributed by atoms with E-state index in [1.807, 2.05) is 24.0 Å². The molecule has 1 aromatic carbocycles. The monoisotopic (exact) mass is 476 g/mol. The average molecular weight is 477 g/mol. The van der Waals surface area contributed by atoms with E-state index in [2.05, 4.69) is 18.0 Å². The fourth-order valence-corrected chi connectivity index (χ4v) is 6.22. The minimum Gasteiger partial charge on any atom is -0.379 e. The molecule has 0 spiro atoms. The third-order valence-electron chi connectivity index (χ3n) is 5.89.